The number of H-pyrrole nitrogens is 1. The first-order valence-corrected chi connectivity index (χ1v) is 12.8. The zero-order chi connectivity index (χ0) is 25.4. The molecule has 3 aromatic rings. The van der Waals surface area contributed by atoms with Crippen LogP contribution in [0.4, 0.5) is 5.13 Å². The van der Waals surface area contributed by atoms with Crippen LogP contribution < -0.4 is 26.2 Å². The maximum Gasteiger partial charge on any atom is 0.253 e. The van der Waals surface area contributed by atoms with Gasteiger partial charge in [0.2, 0.25) is 11.4 Å². The predicted molar refractivity (Wildman–Crippen MR) is 127 cm³/mol. The van der Waals surface area contributed by atoms with Crippen molar-refractivity contribution in [3.8, 4) is 0 Å². The van der Waals surface area contributed by atoms with Gasteiger partial charge in [0.1, 0.15) is 11.4 Å². The highest BCUT2D eigenvalue weighted by Gasteiger charge is 2.53. The summed E-state index contributed by atoms with van der Waals surface area (Å²) >= 11 is 2.30. The Labute approximate surface area is 212 Å². The van der Waals surface area contributed by atoms with Crippen molar-refractivity contribution in [1.29, 1.82) is 0 Å². The van der Waals surface area contributed by atoms with Crippen LogP contribution in [0.3, 0.4) is 0 Å². The van der Waals surface area contributed by atoms with Gasteiger partial charge in [-0.25, -0.2) is 4.98 Å². The molecule has 0 spiro atoms. The number of pyridine rings is 1. The quantitative estimate of drug-likeness (QED) is 0.143. The summed E-state index contributed by atoms with van der Waals surface area (Å²) in [5.41, 5.74) is 10.4. The van der Waals surface area contributed by atoms with Crippen LogP contribution in [0.25, 0.3) is 5.52 Å². The van der Waals surface area contributed by atoms with E-state index in [0.29, 0.717) is 17.7 Å². The van der Waals surface area contributed by atoms with E-state index in [1.54, 1.807) is 13.1 Å². The maximum absolute atomic E-state index is 13.0. The van der Waals surface area contributed by atoms with Gasteiger partial charge in [-0.05, 0) is 18.6 Å². The summed E-state index contributed by atoms with van der Waals surface area (Å²) < 4.78 is 5.87. The van der Waals surface area contributed by atoms with Gasteiger partial charge in [0, 0.05) is 35.8 Å². The number of amides is 2. The minimum atomic E-state index is -1.43. The molecule has 188 valence electrons. The molecule has 2 aliphatic heterocycles. The summed E-state index contributed by atoms with van der Waals surface area (Å²) in [6.45, 7) is 2.01. The number of carboxylic acids is 1. The Morgan fingerprint density at radius 3 is 3.00 bits per heavy atom. The standard InChI is InChI=1S/C21H22N8O5S2/c1-2-34-26-13(16-25-21(22)36-27-16)17(30)24-14-18(31)29-15(20(32)33)11(9-35-19(14)29)7-10-8-23-28-6-4-3-5-12(10)28/h3-6,8,13-14,19,26H,2,7,9H2,1H3,(H4,22,24,25,27,30,32,33)/t13?,14-,19+/m1/s1. The summed E-state index contributed by atoms with van der Waals surface area (Å²) in [5.74, 6) is -2.09. The van der Waals surface area contributed by atoms with E-state index in [0.717, 1.165) is 22.6 Å². The molecule has 5 rings (SSSR count). The molecule has 13 nitrogen and oxygen atoms in total. The molecule has 1 fully saturated rings. The van der Waals surface area contributed by atoms with E-state index in [-0.39, 0.29) is 23.3 Å². The van der Waals surface area contributed by atoms with Crippen LogP contribution in [-0.2, 0) is 25.6 Å². The topological polar surface area (TPSA) is 182 Å². The molecule has 5 N–H and O–H groups in total. The highest BCUT2D eigenvalue weighted by molar-refractivity contribution is 8.00. The number of aromatic nitrogens is 4. The number of fused-ring (bicyclic) bond motifs is 2. The molecule has 0 saturated carbocycles. The van der Waals surface area contributed by atoms with Gasteiger partial charge in [0.25, 0.3) is 5.91 Å². The smallest absolute Gasteiger partial charge is 0.253 e. The number of nitrogen functional groups attached to an aromatic ring is 1. The van der Waals surface area contributed by atoms with Crippen LogP contribution in [-0.4, -0.2) is 60.9 Å². The number of carbonyl (C=O) groups excluding carboxylic acids is 3. The van der Waals surface area contributed by atoms with Gasteiger partial charge in [-0.2, -0.15) is 15.0 Å². The lowest BCUT2D eigenvalue weighted by molar-refractivity contribution is -0.576. The molecule has 0 aliphatic carbocycles. The third kappa shape index (κ3) is 4.30. The van der Waals surface area contributed by atoms with Crippen LogP contribution in [0.5, 0.6) is 0 Å². The van der Waals surface area contributed by atoms with Crippen molar-refractivity contribution in [2.75, 3.05) is 18.1 Å². The number of rotatable bonds is 9. The van der Waals surface area contributed by atoms with E-state index in [4.69, 9.17) is 10.6 Å². The highest BCUT2D eigenvalue weighted by atomic mass is 32.2. The molecule has 2 amide bonds. The van der Waals surface area contributed by atoms with Crippen LogP contribution >= 0.6 is 23.3 Å². The van der Waals surface area contributed by atoms with Gasteiger partial charge < -0.3 is 25.8 Å². The number of nitrogens with zero attached hydrogens (tertiary/aromatic N) is 4. The summed E-state index contributed by atoms with van der Waals surface area (Å²) in [7, 11) is 0. The second-order valence-corrected chi connectivity index (χ2v) is 9.93. The number of β-lactam (4-membered cyclic amide) rings is 1. The summed E-state index contributed by atoms with van der Waals surface area (Å²) in [5, 5.41) is 17.5. The Bertz CT molecular complexity index is 1370. The van der Waals surface area contributed by atoms with E-state index in [9.17, 15) is 19.5 Å². The van der Waals surface area contributed by atoms with Crippen molar-refractivity contribution in [1.82, 2.24) is 30.2 Å². The van der Waals surface area contributed by atoms with Gasteiger partial charge in [-0.3, -0.25) is 14.5 Å². The van der Waals surface area contributed by atoms with Gasteiger partial charge in [-0.1, -0.05) is 4.52 Å². The fourth-order valence-electron chi connectivity index (χ4n) is 4.21. The molecule has 3 atom stereocenters. The van der Waals surface area contributed by atoms with E-state index >= 15 is 0 Å². The average Bonchev–Trinajstić information content (AvgIpc) is 3.48. The number of anilines is 1. The third-order valence-corrected chi connectivity index (χ3v) is 7.73. The predicted octanol–water partition coefficient (Wildman–Crippen LogP) is -1.58. The molecule has 0 radical (unpaired) electrons. The molecule has 1 unspecified atom stereocenters. The van der Waals surface area contributed by atoms with Crippen molar-refractivity contribution >= 4 is 51.7 Å². The van der Waals surface area contributed by atoms with Crippen LogP contribution in [0, 0.1) is 0 Å². The van der Waals surface area contributed by atoms with Crippen molar-refractivity contribution in [3.63, 3.8) is 0 Å². The SMILES string of the molecule is CCONC(C(=O)N[C@@H]1C(=O)N2C(C(=O)[O-])=C(Cc3c[nH][n+]4ccccc34)CS[C@@H]12)c1nsc(N)n1. The molecule has 15 heteroatoms. The van der Waals surface area contributed by atoms with Gasteiger partial charge in [-0.15, -0.1) is 11.8 Å². The highest BCUT2D eigenvalue weighted by Crippen LogP contribution is 2.41. The first kappa shape index (κ1) is 24.2. The molecular formula is C21H22N8O5S2. The largest absolute Gasteiger partial charge is 0.543 e. The fourth-order valence-corrected chi connectivity index (χ4v) is 6.02. The van der Waals surface area contributed by atoms with E-state index in [2.05, 4.69) is 25.3 Å². The summed E-state index contributed by atoms with van der Waals surface area (Å²) in [4.78, 5) is 48.5. The number of carboxylic acid groups (broad SMARTS) is 1. The molecule has 36 heavy (non-hydrogen) atoms. The number of nitrogens with one attached hydrogen (secondary N) is 3. The number of nitrogens with two attached hydrogens (primary N) is 1. The van der Waals surface area contributed by atoms with Crippen LogP contribution in [0.1, 0.15) is 24.4 Å². The molecule has 2 aliphatic rings. The van der Waals surface area contributed by atoms with Crippen molar-refractivity contribution < 1.29 is 28.8 Å². The minimum absolute atomic E-state index is 0.109. The first-order chi connectivity index (χ1) is 17.4. The van der Waals surface area contributed by atoms with Crippen LogP contribution in [0.15, 0.2) is 41.9 Å². The van der Waals surface area contributed by atoms with E-state index in [1.165, 1.54) is 16.7 Å². The number of hydrogen-bond donors (Lipinski definition) is 4. The second-order valence-electron chi connectivity index (χ2n) is 8.04. The lowest BCUT2D eigenvalue weighted by Gasteiger charge is -2.51. The molecule has 3 aromatic heterocycles. The van der Waals surface area contributed by atoms with Crippen molar-refractivity contribution in [3.05, 3.63) is 53.3 Å². The summed E-state index contributed by atoms with van der Waals surface area (Å²) in [6.07, 6.45) is 3.99. The molecule has 1 saturated heterocycles. The number of thioether (sulfide) groups is 1. The first-order valence-electron chi connectivity index (χ1n) is 11.0. The van der Waals surface area contributed by atoms with Crippen LogP contribution in [0.2, 0.25) is 0 Å². The molecule has 0 bridgehead atoms. The average molecular weight is 531 g/mol. The monoisotopic (exact) mass is 530 g/mol. The Morgan fingerprint density at radius 2 is 2.28 bits per heavy atom. The summed E-state index contributed by atoms with van der Waals surface area (Å²) in [6, 6.07) is 3.66. The molecule has 5 heterocycles. The van der Waals surface area contributed by atoms with Crippen molar-refractivity contribution in [2.24, 2.45) is 0 Å². The van der Waals surface area contributed by atoms with Gasteiger partial charge in [0.15, 0.2) is 23.2 Å². The maximum atomic E-state index is 13.0. The Morgan fingerprint density at radius 1 is 1.44 bits per heavy atom. The van der Waals surface area contributed by atoms with Gasteiger partial charge in [0.05, 0.1) is 30.0 Å². The zero-order valence-electron chi connectivity index (χ0n) is 19.0. The number of hydroxylamine groups is 1. The van der Waals surface area contributed by atoms with Crippen molar-refractivity contribution in [2.45, 2.75) is 30.8 Å². The Kier molecular flexibility index (Phi) is 6.61. The van der Waals surface area contributed by atoms with E-state index < -0.39 is 35.2 Å². The Balaban J connectivity index is 1.35. The Hall–Kier alpha value is -3.53. The normalized spacial score (nSPS) is 20.2. The lowest BCUT2D eigenvalue weighted by atomic mass is 9.99. The molecule has 0 aromatic carbocycles. The number of aliphatic carboxylic acids is 1. The zero-order valence-corrected chi connectivity index (χ0v) is 20.6. The number of hydrogen-bond acceptors (Lipinski definition) is 11. The number of carbonyl (C=O) groups is 3. The van der Waals surface area contributed by atoms with E-state index in [1.807, 2.05) is 28.9 Å². The van der Waals surface area contributed by atoms with Gasteiger partial charge >= 0.3 is 0 Å². The second kappa shape index (κ2) is 9.85. The third-order valence-electron chi connectivity index (χ3n) is 5.83. The lowest BCUT2D eigenvalue weighted by Crippen LogP contribution is -2.71. The minimum Gasteiger partial charge on any atom is -0.543 e. The molecular weight excluding hydrogens is 508 g/mol. The fraction of sp³-hybridized carbons (Fsp3) is 0.333. The number of aromatic amines is 1.